The Morgan fingerprint density at radius 1 is 1.17 bits per heavy atom. The topological polar surface area (TPSA) is 133 Å². The molecule has 0 radical (unpaired) electrons. The van der Waals surface area contributed by atoms with Crippen molar-refractivity contribution in [1.82, 2.24) is 0 Å². The molecular formula is C22H27N5O3. The first kappa shape index (κ1) is 22.8. The van der Waals surface area contributed by atoms with Crippen LogP contribution < -0.4 is 11.1 Å². The average Bonchev–Trinajstić information content (AvgIpc) is 2.86. The number of amides is 1. The highest BCUT2D eigenvalue weighted by atomic mass is 16.5. The summed E-state index contributed by atoms with van der Waals surface area (Å²) in [5, 5.41) is 20.3. The smallest absolute Gasteiger partial charge is 0.291 e. The van der Waals surface area contributed by atoms with Gasteiger partial charge in [0.2, 0.25) is 12.1 Å². The van der Waals surface area contributed by atoms with Crippen molar-refractivity contribution in [3.8, 4) is 0 Å². The minimum absolute atomic E-state index is 0.436. The summed E-state index contributed by atoms with van der Waals surface area (Å²) >= 11 is 0. The first-order chi connectivity index (χ1) is 14.3. The minimum Gasteiger partial charge on any atom is -0.409 e. The van der Waals surface area contributed by atoms with Crippen LogP contribution in [0.3, 0.4) is 0 Å². The van der Waals surface area contributed by atoms with Crippen LogP contribution in [0.4, 0.5) is 5.69 Å². The van der Waals surface area contributed by atoms with Gasteiger partial charge in [-0.1, -0.05) is 62.4 Å². The molecule has 30 heavy (non-hydrogen) atoms. The number of amidine groups is 1. The van der Waals surface area contributed by atoms with Crippen LogP contribution >= 0.6 is 0 Å². The Hall–Kier alpha value is -3.52. The van der Waals surface area contributed by atoms with Gasteiger partial charge >= 0.3 is 0 Å². The number of benzene rings is 2. The third-order valence-electron chi connectivity index (χ3n) is 3.98. The van der Waals surface area contributed by atoms with E-state index in [0.717, 1.165) is 11.1 Å². The number of nitrogens with zero attached hydrogens (tertiary/aromatic N) is 2. The number of nitrogens with two attached hydrogens (primary N) is 1. The monoisotopic (exact) mass is 409 g/mol. The van der Waals surface area contributed by atoms with Gasteiger partial charge in [-0.25, -0.2) is 4.99 Å². The van der Waals surface area contributed by atoms with E-state index in [1.807, 2.05) is 62.4 Å². The van der Waals surface area contributed by atoms with Crippen molar-refractivity contribution in [1.29, 1.82) is 5.41 Å². The molecule has 1 amide bonds. The fraction of sp³-hybridized carbons (Fsp3) is 0.273. The second-order valence-corrected chi connectivity index (χ2v) is 6.71. The van der Waals surface area contributed by atoms with Crippen LogP contribution in [0.15, 0.2) is 64.6 Å². The molecular weight excluding hydrogens is 382 g/mol. The van der Waals surface area contributed by atoms with Gasteiger partial charge in [-0.05, 0) is 19.9 Å². The maximum atomic E-state index is 12.6. The highest BCUT2D eigenvalue weighted by Crippen LogP contribution is 2.24. The molecule has 5 N–H and O–H groups in total. The van der Waals surface area contributed by atoms with Gasteiger partial charge in [0.15, 0.2) is 0 Å². The summed E-state index contributed by atoms with van der Waals surface area (Å²) in [6.45, 7) is 6.76. The Balaban J connectivity index is 0.00000155. The Labute approximate surface area is 176 Å². The van der Waals surface area contributed by atoms with Crippen molar-refractivity contribution in [2.75, 3.05) is 5.32 Å². The lowest BCUT2D eigenvalue weighted by Gasteiger charge is -2.18. The van der Waals surface area contributed by atoms with Crippen LogP contribution in [0.2, 0.25) is 0 Å². The van der Waals surface area contributed by atoms with E-state index in [1.165, 1.54) is 13.8 Å². The number of ether oxygens (including phenoxy) is 1. The minimum atomic E-state index is -1.53. The van der Waals surface area contributed by atoms with Crippen molar-refractivity contribution in [2.45, 2.75) is 39.5 Å². The summed E-state index contributed by atoms with van der Waals surface area (Å²) in [7, 11) is 0. The molecule has 0 aromatic heterocycles. The highest BCUT2D eigenvalue weighted by molar-refractivity contribution is 6.19. The molecule has 1 aliphatic rings. The number of fused-ring (bicyclic) bond motifs is 1. The number of para-hydroxylation sites is 1. The standard InChI is InChI=1S/C20H21N5O3.C2H6/c1-20(2,27)18(21)28-19(22)25-16-17(26)23-14-11-7-6-10-13(14)15(24-16)12-8-4-3-5-9-12;1-2/h3-11,16,21,27H,1-2H3,(H2,22,25)(H,23,26);1-2H3. The van der Waals surface area contributed by atoms with Crippen molar-refractivity contribution < 1.29 is 14.6 Å². The third kappa shape index (κ3) is 5.51. The van der Waals surface area contributed by atoms with Gasteiger partial charge < -0.3 is 20.9 Å². The predicted octanol–water partition coefficient (Wildman–Crippen LogP) is 2.91. The number of hydrogen-bond acceptors (Lipinski definition) is 6. The molecule has 8 heteroatoms. The van der Waals surface area contributed by atoms with Crippen LogP contribution in [-0.4, -0.2) is 40.4 Å². The van der Waals surface area contributed by atoms with Gasteiger partial charge in [0.25, 0.3) is 11.9 Å². The summed E-state index contributed by atoms with van der Waals surface area (Å²) in [5.41, 5.74) is 6.96. The zero-order chi connectivity index (χ0) is 22.3. The van der Waals surface area contributed by atoms with Gasteiger partial charge in [-0.15, -0.1) is 0 Å². The summed E-state index contributed by atoms with van der Waals surface area (Å²) in [6.07, 6.45) is -1.21. The largest absolute Gasteiger partial charge is 0.409 e. The van der Waals surface area contributed by atoms with Gasteiger partial charge in [0.1, 0.15) is 5.60 Å². The Bertz CT molecular complexity index is 962. The lowest BCUT2D eigenvalue weighted by Crippen LogP contribution is -2.37. The van der Waals surface area contributed by atoms with Crippen molar-refractivity contribution in [3.05, 3.63) is 65.7 Å². The maximum Gasteiger partial charge on any atom is 0.291 e. The number of nitrogens with one attached hydrogen (secondary N) is 2. The first-order valence-electron chi connectivity index (χ1n) is 9.61. The molecule has 0 spiro atoms. The fourth-order valence-corrected chi connectivity index (χ4v) is 2.54. The fourth-order valence-electron chi connectivity index (χ4n) is 2.54. The molecule has 2 aromatic carbocycles. The number of anilines is 1. The number of carbonyl (C=O) groups excluding carboxylic acids is 1. The quantitative estimate of drug-likeness (QED) is 0.458. The van der Waals surface area contributed by atoms with E-state index < -0.39 is 29.6 Å². The molecule has 0 fully saturated rings. The first-order valence-corrected chi connectivity index (χ1v) is 9.61. The molecule has 1 unspecified atom stereocenters. The average molecular weight is 409 g/mol. The number of hydrogen-bond donors (Lipinski definition) is 4. The van der Waals surface area contributed by atoms with Crippen molar-refractivity contribution >= 4 is 29.2 Å². The molecule has 0 bridgehead atoms. The van der Waals surface area contributed by atoms with Crippen LogP contribution in [0.1, 0.15) is 38.8 Å². The molecule has 158 valence electrons. The summed E-state index contributed by atoms with van der Waals surface area (Å²) in [5.74, 6) is -0.974. The van der Waals surface area contributed by atoms with Crippen LogP contribution in [-0.2, 0) is 9.53 Å². The van der Waals surface area contributed by atoms with Crippen LogP contribution in [0, 0.1) is 5.41 Å². The Morgan fingerprint density at radius 3 is 2.40 bits per heavy atom. The highest BCUT2D eigenvalue weighted by Gasteiger charge is 2.27. The Kier molecular flexibility index (Phi) is 7.43. The molecule has 3 rings (SSSR count). The molecule has 1 atom stereocenters. The van der Waals surface area contributed by atoms with Crippen LogP contribution in [0.5, 0.6) is 0 Å². The van der Waals surface area contributed by atoms with E-state index in [1.54, 1.807) is 6.07 Å². The van der Waals surface area contributed by atoms with Gasteiger partial charge in [0.05, 0.1) is 11.4 Å². The zero-order valence-corrected chi connectivity index (χ0v) is 17.5. The van der Waals surface area contributed by atoms with Gasteiger partial charge in [-0.2, -0.15) is 4.99 Å². The normalized spacial score (nSPS) is 16.2. The van der Waals surface area contributed by atoms with E-state index in [4.69, 9.17) is 15.9 Å². The molecule has 1 aliphatic heterocycles. The number of benzodiazepines with no additional fused rings is 1. The van der Waals surface area contributed by atoms with E-state index in [0.29, 0.717) is 11.4 Å². The summed E-state index contributed by atoms with van der Waals surface area (Å²) < 4.78 is 5.04. The number of rotatable bonds is 3. The van der Waals surface area contributed by atoms with E-state index in [2.05, 4.69) is 15.3 Å². The molecule has 1 heterocycles. The maximum absolute atomic E-state index is 12.6. The molecule has 8 nitrogen and oxygen atoms in total. The number of aliphatic imine (C=N–C) groups is 2. The lowest BCUT2D eigenvalue weighted by molar-refractivity contribution is -0.117. The molecule has 0 aliphatic carbocycles. The van der Waals surface area contributed by atoms with Gasteiger partial charge in [0, 0.05) is 11.1 Å². The molecule has 0 saturated heterocycles. The number of aliphatic hydroxyl groups is 1. The Morgan fingerprint density at radius 2 is 1.77 bits per heavy atom. The zero-order valence-electron chi connectivity index (χ0n) is 17.5. The molecule has 2 aromatic rings. The van der Waals surface area contributed by atoms with Crippen LogP contribution in [0.25, 0.3) is 0 Å². The summed E-state index contributed by atoms with van der Waals surface area (Å²) in [4.78, 5) is 21.1. The molecule has 0 saturated carbocycles. The lowest BCUT2D eigenvalue weighted by atomic mass is 10.0. The van der Waals surface area contributed by atoms with Gasteiger partial charge in [-0.3, -0.25) is 10.2 Å². The van der Waals surface area contributed by atoms with Crippen molar-refractivity contribution in [3.63, 3.8) is 0 Å². The summed E-state index contributed by atoms with van der Waals surface area (Å²) in [6, 6.07) is 16.3. The van der Waals surface area contributed by atoms with E-state index in [9.17, 15) is 9.90 Å². The second kappa shape index (κ2) is 9.80. The van der Waals surface area contributed by atoms with E-state index >= 15 is 0 Å². The second-order valence-electron chi connectivity index (χ2n) is 6.71. The van der Waals surface area contributed by atoms with E-state index in [-0.39, 0.29) is 0 Å². The van der Waals surface area contributed by atoms with Crippen molar-refractivity contribution in [2.24, 2.45) is 15.7 Å². The third-order valence-corrected chi connectivity index (χ3v) is 3.98. The predicted molar refractivity (Wildman–Crippen MR) is 119 cm³/mol. The SMILES string of the molecule is CC.CC(C)(O)C(=N)O/C(N)=N/C1N=C(c2ccccc2)c2ccccc2NC1=O. The number of carbonyl (C=O) groups is 1.